The molecule has 1 N–H and O–H groups in total. The van der Waals surface area contributed by atoms with Gasteiger partial charge in [0.1, 0.15) is 0 Å². The van der Waals surface area contributed by atoms with Crippen molar-refractivity contribution < 1.29 is 0 Å². The first kappa shape index (κ1) is 8.43. The van der Waals surface area contributed by atoms with Crippen LogP contribution in [0.15, 0.2) is 17.0 Å². The van der Waals surface area contributed by atoms with E-state index < -0.39 is 0 Å². The third kappa shape index (κ3) is 3.30. The summed E-state index contributed by atoms with van der Waals surface area (Å²) in [4.78, 5) is 4.12. The van der Waals surface area contributed by atoms with Gasteiger partial charge >= 0.3 is 0 Å². The highest BCUT2D eigenvalue weighted by Crippen LogP contribution is 2.01. The molecule has 0 fully saturated rings. The lowest BCUT2D eigenvalue weighted by atomic mass is 10.4. The van der Waals surface area contributed by atoms with Gasteiger partial charge in [0.15, 0.2) is 0 Å². The Bertz CT molecular complexity index is 204. The van der Waals surface area contributed by atoms with Crippen LogP contribution in [0.1, 0.15) is 12.6 Å². The molecule has 0 unspecified atom stereocenters. The van der Waals surface area contributed by atoms with Gasteiger partial charge in [0.2, 0.25) is 0 Å². The number of thiazole rings is 1. The minimum absolute atomic E-state index is 0.925. The molecule has 1 rings (SSSR count). The largest absolute Gasteiger partial charge is 0.314 e. The first-order chi connectivity index (χ1) is 5.43. The summed E-state index contributed by atoms with van der Waals surface area (Å²) in [6.45, 7) is 4.03. The molecule has 0 saturated carbocycles. The highest BCUT2D eigenvalue weighted by molar-refractivity contribution is 7.07. The fourth-order valence-corrected chi connectivity index (χ4v) is 1.23. The number of likely N-dealkylation sites (N-methyl/N-ethyl adjacent to an activating group) is 1. The van der Waals surface area contributed by atoms with E-state index in [-0.39, 0.29) is 0 Å². The molecule has 0 bridgehead atoms. The van der Waals surface area contributed by atoms with Crippen molar-refractivity contribution in [2.24, 2.45) is 0 Å². The summed E-state index contributed by atoms with van der Waals surface area (Å²) in [6.07, 6.45) is 4.11. The van der Waals surface area contributed by atoms with Gasteiger partial charge in [-0.25, -0.2) is 4.98 Å². The van der Waals surface area contributed by atoms with E-state index in [0.717, 1.165) is 18.8 Å². The molecule has 11 heavy (non-hydrogen) atoms. The summed E-state index contributed by atoms with van der Waals surface area (Å²) in [5, 5.41) is 5.23. The minimum Gasteiger partial charge on any atom is -0.314 e. The normalized spacial score (nSPS) is 11.0. The number of hydrogen-bond acceptors (Lipinski definition) is 3. The SMILES string of the molecule is CCNC/C=C/c1cscn1. The zero-order valence-electron chi connectivity index (χ0n) is 6.58. The lowest BCUT2D eigenvalue weighted by Gasteiger charge is -1.91. The quantitative estimate of drug-likeness (QED) is 0.693. The van der Waals surface area contributed by atoms with Crippen molar-refractivity contribution in [2.75, 3.05) is 13.1 Å². The molecule has 2 nitrogen and oxygen atoms in total. The summed E-state index contributed by atoms with van der Waals surface area (Å²) in [7, 11) is 0. The molecule has 0 amide bonds. The molecule has 0 spiro atoms. The van der Waals surface area contributed by atoms with Crippen LogP contribution in [0.5, 0.6) is 0 Å². The van der Waals surface area contributed by atoms with E-state index in [1.54, 1.807) is 11.3 Å². The van der Waals surface area contributed by atoms with Gasteiger partial charge < -0.3 is 5.32 Å². The third-order valence-corrected chi connectivity index (χ3v) is 1.86. The predicted octanol–water partition coefficient (Wildman–Crippen LogP) is 1.77. The van der Waals surface area contributed by atoms with E-state index in [1.807, 2.05) is 17.0 Å². The maximum Gasteiger partial charge on any atom is 0.0798 e. The lowest BCUT2D eigenvalue weighted by molar-refractivity contribution is 0.801. The van der Waals surface area contributed by atoms with Gasteiger partial charge in [0, 0.05) is 11.9 Å². The van der Waals surface area contributed by atoms with Crippen molar-refractivity contribution >= 4 is 17.4 Å². The minimum atomic E-state index is 0.925. The highest BCUT2D eigenvalue weighted by atomic mass is 32.1. The van der Waals surface area contributed by atoms with E-state index in [2.05, 4.69) is 23.3 Å². The molecule has 3 heteroatoms. The van der Waals surface area contributed by atoms with Gasteiger partial charge in [-0.3, -0.25) is 0 Å². The number of aromatic nitrogens is 1. The zero-order valence-corrected chi connectivity index (χ0v) is 7.40. The van der Waals surface area contributed by atoms with Crippen LogP contribution in [-0.2, 0) is 0 Å². The Morgan fingerprint density at radius 3 is 3.27 bits per heavy atom. The highest BCUT2D eigenvalue weighted by Gasteiger charge is 1.84. The second-order valence-corrected chi connectivity index (χ2v) is 2.84. The summed E-state index contributed by atoms with van der Waals surface area (Å²) in [5.41, 5.74) is 2.89. The van der Waals surface area contributed by atoms with Crippen LogP contribution in [0.2, 0.25) is 0 Å². The van der Waals surface area contributed by atoms with Gasteiger partial charge in [-0.05, 0) is 12.6 Å². The van der Waals surface area contributed by atoms with Crippen LogP contribution in [-0.4, -0.2) is 18.1 Å². The monoisotopic (exact) mass is 168 g/mol. The van der Waals surface area contributed by atoms with Gasteiger partial charge in [-0.15, -0.1) is 11.3 Å². The Balaban J connectivity index is 2.25. The Morgan fingerprint density at radius 2 is 2.64 bits per heavy atom. The van der Waals surface area contributed by atoms with Crippen molar-refractivity contribution in [3.63, 3.8) is 0 Å². The second-order valence-electron chi connectivity index (χ2n) is 2.12. The van der Waals surface area contributed by atoms with Gasteiger partial charge in [0.25, 0.3) is 0 Å². The van der Waals surface area contributed by atoms with Gasteiger partial charge in [0.05, 0.1) is 11.2 Å². The van der Waals surface area contributed by atoms with Crippen LogP contribution < -0.4 is 5.32 Å². The van der Waals surface area contributed by atoms with Crippen molar-refractivity contribution in [2.45, 2.75) is 6.92 Å². The summed E-state index contributed by atoms with van der Waals surface area (Å²) in [6, 6.07) is 0. The molecule has 1 aromatic heterocycles. The topological polar surface area (TPSA) is 24.9 Å². The van der Waals surface area contributed by atoms with Gasteiger partial charge in [-0.1, -0.05) is 13.0 Å². The molecule has 60 valence electrons. The van der Waals surface area contributed by atoms with Crippen molar-refractivity contribution in [3.05, 3.63) is 22.7 Å². The fourth-order valence-electron chi connectivity index (χ4n) is 0.712. The molecule has 0 saturated heterocycles. The maximum atomic E-state index is 4.12. The van der Waals surface area contributed by atoms with E-state index in [1.165, 1.54) is 0 Å². The van der Waals surface area contributed by atoms with E-state index in [0.29, 0.717) is 0 Å². The molecule has 0 aliphatic heterocycles. The molecule has 0 aliphatic carbocycles. The Hall–Kier alpha value is -0.670. The van der Waals surface area contributed by atoms with Crippen molar-refractivity contribution in [1.29, 1.82) is 0 Å². The number of hydrogen-bond donors (Lipinski definition) is 1. The Morgan fingerprint density at radius 1 is 1.73 bits per heavy atom. The van der Waals surface area contributed by atoms with Gasteiger partial charge in [-0.2, -0.15) is 0 Å². The number of rotatable bonds is 4. The number of nitrogens with one attached hydrogen (secondary N) is 1. The average molecular weight is 168 g/mol. The predicted molar refractivity (Wildman–Crippen MR) is 49.7 cm³/mol. The molecule has 0 aliphatic rings. The lowest BCUT2D eigenvalue weighted by Crippen LogP contribution is -2.11. The summed E-state index contributed by atoms with van der Waals surface area (Å²) >= 11 is 1.62. The van der Waals surface area contributed by atoms with E-state index >= 15 is 0 Å². The molecule has 1 heterocycles. The van der Waals surface area contributed by atoms with Crippen LogP contribution in [0.3, 0.4) is 0 Å². The standard InChI is InChI=1S/C8H12N2S/c1-2-9-5-3-4-8-6-11-7-10-8/h3-4,6-7,9H,2,5H2,1H3/b4-3+. The summed E-state index contributed by atoms with van der Waals surface area (Å²) in [5.74, 6) is 0. The Labute approximate surface area is 71.0 Å². The third-order valence-electron chi connectivity index (χ3n) is 1.25. The van der Waals surface area contributed by atoms with Crippen molar-refractivity contribution in [3.8, 4) is 0 Å². The molecule has 0 aromatic carbocycles. The first-order valence-electron chi connectivity index (χ1n) is 3.69. The van der Waals surface area contributed by atoms with Crippen LogP contribution in [0.25, 0.3) is 6.08 Å². The Kier molecular flexibility index (Phi) is 3.86. The van der Waals surface area contributed by atoms with Crippen LogP contribution in [0, 0.1) is 0 Å². The zero-order chi connectivity index (χ0) is 7.94. The van der Waals surface area contributed by atoms with Crippen LogP contribution in [0.4, 0.5) is 0 Å². The average Bonchev–Trinajstić information content (AvgIpc) is 2.50. The molecule has 1 aromatic rings. The van der Waals surface area contributed by atoms with Crippen LogP contribution >= 0.6 is 11.3 Å². The molecule has 0 radical (unpaired) electrons. The van der Waals surface area contributed by atoms with E-state index in [4.69, 9.17) is 0 Å². The molecule has 0 atom stereocenters. The van der Waals surface area contributed by atoms with E-state index in [9.17, 15) is 0 Å². The summed E-state index contributed by atoms with van der Waals surface area (Å²) < 4.78 is 0. The van der Waals surface area contributed by atoms with Crippen molar-refractivity contribution in [1.82, 2.24) is 10.3 Å². The molecular weight excluding hydrogens is 156 g/mol. The maximum absolute atomic E-state index is 4.12. The molecular formula is C8H12N2S. The first-order valence-corrected chi connectivity index (χ1v) is 4.63. The smallest absolute Gasteiger partial charge is 0.0798 e. The number of nitrogens with zero attached hydrogens (tertiary/aromatic N) is 1. The second kappa shape index (κ2) is 5.04. The fraction of sp³-hybridized carbons (Fsp3) is 0.375.